The van der Waals surface area contributed by atoms with Crippen LogP contribution in [0.25, 0.3) is 0 Å². The lowest BCUT2D eigenvalue weighted by Gasteiger charge is -1.94. The van der Waals surface area contributed by atoms with E-state index < -0.39 is 4.92 Å². The third-order valence-corrected chi connectivity index (χ3v) is 1.52. The number of nitrogens with one attached hydrogen (secondary N) is 1. The number of hydrogen-bond donors (Lipinski definition) is 1. The highest BCUT2D eigenvalue weighted by Crippen LogP contribution is 2.11. The molecule has 1 amide bonds. The molecule has 1 aromatic carbocycles. The summed E-state index contributed by atoms with van der Waals surface area (Å²) in [6.07, 6.45) is 1.34. The standard InChI is InChI=1S/C9H9N3O3/c1-7(13)11-10-6-8-3-2-4-9(5-8)12(14)15/h2-6H,1H3,(H,11,13)/b10-6-. The minimum absolute atomic E-state index is 0.0122. The number of nitro benzene ring substituents is 1. The summed E-state index contributed by atoms with van der Waals surface area (Å²) in [6, 6.07) is 5.95. The van der Waals surface area contributed by atoms with Crippen LogP contribution in [0.1, 0.15) is 12.5 Å². The summed E-state index contributed by atoms with van der Waals surface area (Å²) in [7, 11) is 0. The molecule has 0 bridgehead atoms. The Kier molecular flexibility index (Phi) is 3.50. The van der Waals surface area contributed by atoms with E-state index in [9.17, 15) is 14.9 Å². The average Bonchev–Trinajstić information content (AvgIpc) is 2.17. The SMILES string of the molecule is CC(=O)N/N=C\c1cccc([N+](=O)[O-])c1. The summed E-state index contributed by atoms with van der Waals surface area (Å²) in [5.41, 5.74) is 2.74. The zero-order valence-corrected chi connectivity index (χ0v) is 8.01. The maximum Gasteiger partial charge on any atom is 0.270 e. The average molecular weight is 207 g/mol. The van der Waals surface area contributed by atoms with E-state index in [0.29, 0.717) is 5.56 Å². The number of non-ortho nitro benzene ring substituents is 1. The Hall–Kier alpha value is -2.24. The first-order valence-corrected chi connectivity index (χ1v) is 4.13. The van der Waals surface area contributed by atoms with E-state index >= 15 is 0 Å². The number of benzene rings is 1. The molecule has 0 saturated heterocycles. The number of hydrazone groups is 1. The van der Waals surface area contributed by atoms with Gasteiger partial charge >= 0.3 is 0 Å². The Morgan fingerprint density at radius 3 is 2.93 bits per heavy atom. The fourth-order valence-corrected chi connectivity index (χ4v) is 0.916. The van der Waals surface area contributed by atoms with E-state index in [-0.39, 0.29) is 11.6 Å². The van der Waals surface area contributed by atoms with Crippen molar-refractivity contribution in [2.24, 2.45) is 5.10 Å². The number of rotatable bonds is 3. The van der Waals surface area contributed by atoms with Crippen molar-refractivity contribution in [1.29, 1.82) is 0 Å². The van der Waals surface area contributed by atoms with Gasteiger partial charge in [-0.15, -0.1) is 0 Å². The van der Waals surface area contributed by atoms with Crippen molar-refractivity contribution in [1.82, 2.24) is 5.43 Å². The van der Waals surface area contributed by atoms with Crippen LogP contribution in [0.3, 0.4) is 0 Å². The number of carbonyl (C=O) groups excluding carboxylic acids is 1. The van der Waals surface area contributed by atoms with Crippen molar-refractivity contribution >= 4 is 17.8 Å². The lowest BCUT2D eigenvalue weighted by molar-refractivity contribution is -0.384. The van der Waals surface area contributed by atoms with E-state index in [0.717, 1.165) is 0 Å². The van der Waals surface area contributed by atoms with Crippen molar-refractivity contribution in [3.8, 4) is 0 Å². The highest BCUT2D eigenvalue weighted by molar-refractivity contribution is 5.82. The van der Waals surface area contributed by atoms with Crippen LogP contribution >= 0.6 is 0 Å². The number of hydrogen-bond acceptors (Lipinski definition) is 4. The summed E-state index contributed by atoms with van der Waals surface area (Å²) in [4.78, 5) is 20.4. The Morgan fingerprint density at radius 1 is 1.60 bits per heavy atom. The molecule has 6 heteroatoms. The molecule has 0 saturated carbocycles. The van der Waals surface area contributed by atoms with Crippen molar-refractivity contribution in [3.63, 3.8) is 0 Å². The molecule has 1 aromatic rings. The molecule has 0 atom stereocenters. The topological polar surface area (TPSA) is 84.6 Å². The molecule has 0 aromatic heterocycles. The van der Waals surface area contributed by atoms with Gasteiger partial charge in [0, 0.05) is 24.6 Å². The first-order valence-electron chi connectivity index (χ1n) is 4.13. The van der Waals surface area contributed by atoms with Crippen LogP contribution in [-0.4, -0.2) is 17.0 Å². The number of nitro groups is 1. The highest BCUT2D eigenvalue weighted by atomic mass is 16.6. The summed E-state index contributed by atoms with van der Waals surface area (Å²) >= 11 is 0. The summed E-state index contributed by atoms with van der Waals surface area (Å²) in [5, 5.41) is 14.0. The van der Waals surface area contributed by atoms with Gasteiger partial charge in [-0.25, -0.2) is 5.43 Å². The number of amides is 1. The second kappa shape index (κ2) is 4.85. The lowest BCUT2D eigenvalue weighted by atomic mass is 10.2. The normalized spacial score (nSPS) is 10.2. The third-order valence-electron chi connectivity index (χ3n) is 1.52. The minimum Gasteiger partial charge on any atom is -0.274 e. The number of nitrogens with zero attached hydrogens (tertiary/aromatic N) is 2. The second-order valence-electron chi connectivity index (χ2n) is 2.78. The molecular formula is C9H9N3O3. The molecule has 0 radical (unpaired) electrons. The molecule has 1 rings (SSSR count). The highest BCUT2D eigenvalue weighted by Gasteiger charge is 2.03. The van der Waals surface area contributed by atoms with Crippen molar-refractivity contribution in [2.45, 2.75) is 6.92 Å². The molecule has 0 aliphatic carbocycles. The van der Waals surface area contributed by atoms with Crippen LogP contribution in [0.2, 0.25) is 0 Å². The summed E-state index contributed by atoms with van der Waals surface area (Å²) in [6.45, 7) is 1.32. The quantitative estimate of drug-likeness (QED) is 0.457. The van der Waals surface area contributed by atoms with Crippen LogP contribution in [0.5, 0.6) is 0 Å². The monoisotopic (exact) mass is 207 g/mol. The predicted molar refractivity (Wildman–Crippen MR) is 54.5 cm³/mol. The summed E-state index contributed by atoms with van der Waals surface area (Å²) in [5.74, 6) is -0.295. The lowest BCUT2D eigenvalue weighted by Crippen LogP contribution is -2.12. The molecule has 15 heavy (non-hydrogen) atoms. The molecule has 0 spiro atoms. The van der Waals surface area contributed by atoms with Crippen LogP contribution in [0.15, 0.2) is 29.4 Å². The van der Waals surface area contributed by atoms with Crippen LogP contribution in [-0.2, 0) is 4.79 Å². The largest absolute Gasteiger partial charge is 0.274 e. The van der Waals surface area contributed by atoms with Gasteiger partial charge in [0.1, 0.15) is 0 Å². The molecule has 78 valence electrons. The molecule has 0 aliphatic rings. The first-order chi connectivity index (χ1) is 7.09. The van der Waals surface area contributed by atoms with Gasteiger partial charge in [0.15, 0.2) is 0 Å². The van der Waals surface area contributed by atoms with Gasteiger partial charge in [-0.3, -0.25) is 14.9 Å². The van der Waals surface area contributed by atoms with Crippen molar-refractivity contribution in [3.05, 3.63) is 39.9 Å². The molecule has 6 nitrogen and oxygen atoms in total. The smallest absolute Gasteiger partial charge is 0.270 e. The molecule has 0 fully saturated rings. The Morgan fingerprint density at radius 2 is 2.33 bits per heavy atom. The van der Waals surface area contributed by atoms with Gasteiger partial charge < -0.3 is 0 Å². The molecule has 1 N–H and O–H groups in total. The summed E-state index contributed by atoms with van der Waals surface area (Å²) < 4.78 is 0. The van der Waals surface area contributed by atoms with E-state index in [1.54, 1.807) is 12.1 Å². The molecule has 0 heterocycles. The Labute approximate surface area is 85.8 Å². The predicted octanol–water partition coefficient (Wildman–Crippen LogP) is 1.06. The van der Waals surface area contributed by atoms with Gasteiger partial charge in [0.25, 0.3) is 5.69 Å². The molecule has 0 unspecified atom stereocenters. The maximum absolute atomic E-state index is 10.5. The van der Waals surface area contributed by atoms with E-state index in [1.807, 2.05) is 0 Å². The van der Waals surface area contributed by atoms with E-state index in [4.69, 9.17) is 0 Å². The third kappa shape index (κ3) is 3.55. The van der Waals surface area contributed by atoms with E-state index in [2.05, 4.69) is 10.5 Å². The van der Waals surface area contributed by atoms with Gasteiger partial charge in [0.2, 0.25) is 5.91 Å². The van der Waals surface area contributed by atoms with E-state index in [1.165, 1.54) is 25.3 Å². The second-order valence-corrected chi connectivity index (χ2v) is 2.78. The van der Waals surface area contributed by atoms with Gasteiger partial charge in [-0.05, 0) is 0 Å². The molecule has 0 aliphatic heterocycles. The zero-order valence-electron chi connectivity index (χ0n) is 8.01. The molecular weight excluding hydrogens is 198 g/mol. The minimum atomic E-state index is -0.490. The van der Waals surface area contributed by atoms with Gasteiger partial charge in [-0.1, -0.05) is 12.1 Å². The first kappa shape index (κ1) is 10.8. The van der Waals surface area contributed by atoms with Crippen LogP contribution in [0.4, 0.5) is 5.69 Å². The Balaban J connectivity index is 2.78. The zero-order chi connectivity index (χ0) is 11.3. The van der Waals surface area contributed by atoms with Crippen molar-refractivity contribution in [2.75, 3.05) is 0 Å². The van der Waals surface area contributed by atoms with Crippen LogP contribution in [0, 0.1) is 10.1 Å². The van der Waals surface area contributed by atoms with Gasteiger partial charge in [-0.2, -0.15) is 5.10 Å². The van der Waals surface area contributed by atoms with Crippen LogP contribution < -0.4 is 5.43 Å². The fourth-order valence-electron chi connectivity index (χ4n) is 0.916. The number of carbonyl (C=O) groups is 1. The Bertz CT molecular complexity index is 415. The van der Waals surface area contributed by atoms with Gasteiger partial charge in [0.05, 0.1) is 11.1 Å². The fraction of sp³-hybridized carbons (Fsp3) is 0.111. The van der Waals surface area contributed by atoms with Crippen molar-refractivity contribution < 1.29 is 9.72 Å². The maximum atomic E-state index is 10.5.